The summed E-state index contributed by atoms with van der Waals surface area (Å²) in [6.07, 6.45) is 3.15. The number of benzene rings is 1. The predicted octanol–water partition coefficient (Wildman–Crippen LogP) is 2.65. The average molecular weight is 440 g/mol. The summed E-state index contributed by atoms with van der Waals surface area (Å²) >= 11 is 0. The predicted molar refractivity (Wildman–Crippen MR) is 122 cm³/mol. The lowest BCUT2D eigenvalue weighted by Gasteiger charge is -2.35. The van der Waals surface area contributed by atoms with Crippen LogP contribution < -0.4 is 10.6 Å². The van der Waals surface area contributed by atoms with Gasteiger partial charge in [-0.25, -0.2) is 0 Å². The van der Waals surface area contributed by atoms with Crippen LogP contribution in [-0.4, -0.2) is 52.5 Å². The molecule has 7 heteroatoms. The van der Waals surface area contributed by atoms with E-state index in [4.69, 9.17) is 4.74 Å². The molecular formula is C25H33N3O4. The summed E-state index contributed by atoms with van der Waals surface area (Å²) in [5, 5.41) is 6.00. The molecule has 3 heterocycles. The number of likely N-dealkylation sites (tertiary alicyclic amines) is 1. The number of amides is 3. The average Bonchev–Trinajstić information content (AvgIpc) is 3.30. The maximum absolute atomic E-state index is 13.7. The van der Waals surface area contributed by atoms with Crippen molar-refractivity contribution in [1.29, 1.82) is 0 Å². The van der Waals surface area contributed by atoms with E-state index in [0.717, 1.165) is 5.56 Å². The van der Waals surface area contributed by atoms with Gasteiger partial charge in [0.1, 0.15) is 11.6 Å². The van der Waals surface area contributed by atoms with Gasteiger partial charge in [0.25, 0.3) is 0 Å². The highest BCUT2D eigenvalue weighted by Crippen LogP contribution is 2.55. The first kappa shape index (κ1) is 22.5. The molecule has 7 nitrogen and oxygen atoms in total. The lowest BCUT2D eigenvalue weighted by Crippen LogP contribution is -2.58. The fraction of sp³-hybridized carbons (Fsp3) is 0.560. The lowest BCUT2D eigenvalue weighted by atomic mass is 9.74. The molecule has 2 bridgehead atoms. The molecule has 5 atom stereocenters. The molecule has 0 radical (unpaired) electrons. The Kier molecular flexibility index (Phi) is 5.44. The highest BCUT2D eigenvalue weighted by atomic mass is 16.5. The number of ether oxygens (including phenoxy) is 1. The third kappa shape index (κ3) is 3.62. The van der Waals surface area contributed by atoms with Crippen LogP contribution in [-0.2, 0) is 19.1 Å². The van der Waals surface area contributed by atoms with Crippen LogP contribution in [0.15, 0.2) is 36.4 Å². The second-order valence-corrected chi connectivity index (χ2v) is 10.6. The first-order valence-electron chi connectivity index (χ1n) is 11.3. The van der Waals surface area contributed by atoms with Gasteiger partial charge in [0.05, 0.1) is 17.9 Å². The van der Waals surface area contributed by atoms with Crippen molar-refractivity contribution in [2.45, 2.75) is 64.8 Å². The number of hydrogen-bond donors (Lipinski definition) is 2. The molecule has 3 aliphatic rings. The van der Waals surface area contributed by atoms with Gasteiger partial charge in [0.2, 0.25) is 17.7 Å². The Bertz CT molecular complexity index is 980. The Balaban J connectivity index is 1.69. The second kappa shape index (κ2) is 7.73. The Hall–Kier alpha value is -2.67. The van der Waals surface area contributed by atoms with Gasteiger partial charge < -0.3 is 20.3 Å². The number of fused-ring (bicyclic) bond motifs is 1. The van der Waals surface area contributed by atoms with Crippen LogP contribution in [0.1, 0.15) is 40.2 Å². The first-order valence-corrected chi connectivity index (χ1v) is 11.3. The molecule has 32 heavy (non-hydrogen) atoms. The van der Waals surface area contributed by atoms with E-state index in [1.54, 1.807) is 4.90 Å². The highest BCUT2D eigenvalue weighted by molar-refractivity contribution is 6.03. The van der Waals surface area contributed by atoms with E-state index in [-0.39, 0.29) is 23.6 Å². The number of aryl methyl sites for hydroxylation is 1. The van der Waals surface area contributed by atoms with Gasteiger partial charge in [-0.1, -0.05) is 44.2 Å². The van der Waals surface area contributed by atoms with Crippen LogP contribution in [0.2, 0.25) is 0 Å². The molecule has 0 saturated carbocycles. The minimum Gasteiger partial charge on any atom is -0.359 e. The van der Waals surface area contributed by atoms with E-state index in [2.05, 4.69) is 10.6 Å². The van der Waals surface area contributed by atoms with Gasteiger partial charge in [0.15, 0.2) is 0 Å². The summed E-state index contributed by atoms with van der Waals surface area (Å²) in [7, 11) is 0. The molecular weight excluding hydrogens is 406 g/mol. The number of anilines is 1. The summed E-state index contributed by atoms with van der Waals surface area (Å²) in [4.78, 5) is 42.1. The second-order valence-electron chi connectivity index (χ2n) is 10.6. The molecule has 3 amide bonds. The molecule has 1 spiro atoms. The summed E-state index contributed by atoms with van der Waals surface area (Å²) in [6.45, 7) is 12.1. The molecule has 2 fully saturated rings. The largest absolute Gasteiger partial charge is 0.359 e. The Morgan fingerprint density at radius 2 is 1.88 bits per heavy atom. The minimum atomic E-state index is -1.13. The van der Waals surface area contributed by atoms with Crippen LogP contribution in [0.4, 0.5) is 5.69 Å². The first-order chi connectivity index (χ1) is 14.9. The van der Waals surface area contributed by atoms with Crippen molar-refractivity contribution in [2.75, 3.05) is 11.9 Å². The topological polar surface area (TPSA) is 87.7 Å². The summed E-state index contributed by atoms with van der Waals surface area (Å²) < 4.78 is 6.32. The number of para-hydroxylation sites is 1. The van der Waals surface area contributed by atoms with E-state index in [1.807, 2.05) is 78.0 Å². The van der Waals surface area contributed by atoms with Gasteiger partial charge in [-0.2, -0.15) is 0 Å². The molecule has 0 unspecified atom stereocenters. The fourth-order valence-corrected chi connectivity index (χ4v) is 5.22. The Morgan fingerprint density at radius 3 is 2.50 bits per heavy atom. The van der Waals surface area contributed by atoms with Crippen LogP contribution >= 0.6 is 0 Å². The van der Waals surface area contributed by atoms with Crippen LogP contribution in [0.5, 0.6) is 0 Å². The van der Waals surface area contributed by atoms with Crippen molar-refractivity contribution in [2.24, 2.45) is 17.8 Å². The number of nitrogens with zero attached hydrogens (tertiary/aromatic N) is 1. The van der Waals surface area contributed by atoms with Crippen molar-refractivity contribution >= 4 is 23.4 Å². The van der Waals surface area contributed by atoms with E-state index < -0.39 is 35.1 Å². The summed E-state index contributed by atoms with van der Waals surface area (Å²) in [6, 6.07) is 6.73. The van der Waals surface area contributed by atoms with Gasteiger partial charge in [-0.05, 0) is 45.2 Å². The smallest absolute Gasteiger partial charge is 0.246 e. The molecule has 1 aromatic carbocycles. The number of carbonyl (C=O) groups is 3. The van der Waals surface area contributed by atoms with E-state index in [0.29, 0.717) is 12.2 Å². The number of rotatable bonds is 5. The maximum atomic E-state index is 13.7. The SMILES string of the molecule is Cc1ccccc1NC(=O)[C@H]1[C@H]2C(=O)N(CC(C)C)[C@@H](C(=O)NC(C)(C)C)[C@@]23C=C[C@H]1O3. The Labute approximate surface area is 189 Å². The molecule has 1 aromatic rings. The lowest BCUT2D eigenvalue weighted by molar-refractivity contribution is -0.142. The molecule has 2 N–H and O–H groups in total. The van der Waals surface area contributed by atoms with Crippen molar-refractivity contribution < 1.29 is 19.1 Å². The van der Waals surface area contributed by atoms with Gasteiger partial charge in [-0.15, -0.1) is 0 Å². The molecule has 2 saturated heterocycles. The molecule has 0 aromatic heterocycles. The van der Waals surface area contributed by atoms with Gasteiger partial charge in [-0.3, -0.25) is 14.4 Å². The zero-order valence-electron chi connectivity index (χ0n) is 19.6. The fourth-order valence-electron chi connectivity index (χ4n) is 5.22. The number of carbonyl (C=O) groups excluding carboxylic acids is 3. The van der Waals surface area contributed by atoms with Crippen molar-refractivity contribution in [1.82, 2.24) is 10.2 Å². The van der Waals surface area contributed by atoms with Crippen LogP contribution in [0, 0.1) is 24.7 Å². The number of hydrogen-bond acceptors (Lipinski definition) is 4. The van der Waals surface area contributed by atoms with Crippen molar-refractivity contribution in [3.8, 4) is 0 Å². The molecule has 172 valence electrons. The van der Waals surface area contributed by atoms with Gasteiger partial charge >= 0.3 is 0 Å². The van der Waals surface area contributed by atoms with Crippen molar-refractivity contribution in [3.63, 3.8) is 0 Å². The zero-order valence-corrected chi connectivity index (χ0v) is 19.6. The van der Waals surface area contributed by atoms with Crippen LogP contribution in [0.3, 0.4) is 0 Å². The molecule has 0 aliphatic carbocycles. The number of nitrogens with one attached hydrogen (secondary N) is 2. The maximum Gasteiger partial charge on any atom is 0.246 e. The summed E-state index contributed by atoms with van der Waals surface area (Å²) in [5.41, 5.74) is 0.0709. The van der Waals surface area contributed by atoms with Crippen LogP contribution in [0.25, 0.3) is 0 Å². The van der Waals surface area contributed by atoms with E-state index >= 15 is 0 Å². The summed E-state index contributed by atoms with van der Waals surface area (Å²) in [5.74, 6) is -1.94. The van der Waals surface area contributed by atoms with E-state index in [9.17, 15) is 14.4 Å². The van der Waals surface area contributed by atoms with Gasteiger partial charge in [0, 0.05) is 17.8 Å². The Morgan fingerprint density at radius 1 is 1.19 bits per heavy atom. The molecule has 3 aliphatic heterocycles. The van der Waals surface area contributed by atoms with Crippen molar-refractivity contribution in [3.05, 3.63) is 42.0 Å². The normalized spacial score (nSPS) is 30.7. The third-order valence-electron chi connectivity index (χ3n) is 6.39. The van der Waals surface area contributed by atoms with E-state index in [1.165, 1.54) is 0 Å². The quantitative estimate of drug-likeness (QED) is 0.691. The zero-order chi connectivity index (χ0) is 23.4. The minimum absolute atomic E-state index is 0.166. The third-order valence-corrected chi connectivity index (χ3v) is 6.39. The standard InChI is InChI=1S/C25H33N3O4/c1-14(2)13-28-20(22(30)27-24(4,5)6)25-12-11-17(32-25)18(19(25)23(28)31)21(29)26-16-10-8-7-9-15(16)3/h7-12,14,17-20H,13H2,1-6H3,(H,26,29)(H,27,30)/t17-,18-,19+,20+,25-/m1/s1. The monoisotopic (exact) mass is 439 g/mol. The highest BCUT2D eigenvalue weighted by Gasteiger charge is 2.72. The molecule has 4 rings (SSSR count).